The highest BCUT2D eigenvalue weighted by Crippen LogP contribution is 2.29. The number of hydrogen-bond donors (Lipinski definition) is 0. The van der Waals surface area contributed by atoms with Gasteiger partial charge in [-0.1, -0.05) is 33.1 Å². The van der Waals surface area contributed by atoms with Gasteiger partial charge < -0.3 is 4.79 Å². The predicted molar refractivity (Wildman–Crippen MR) is 77.1 cm³/mol. The number of Topliss-reactive ketones (excluding diaryl/α,β-unsaturated/α-hetero) is 1. The highest BCUT2D eigenvalue weighted by molar-refractivity contribution is 5.76. The maximum Gasteiger partial charge on any atom is 0.130 e. The summed E-state index contributed by atoms with van der Waals surface area (Å²) < 4.78 is 2.15. The van der Waals surface area contributed by atoms with E-state index in [0.717, 1.165) is 12.1 Å². The van der Waals surface area contributed by atoms with Crippen molar-refractivity contribution in [1.29, 1.82) is 0 Å². The van der Waals surface area contributed by atoms with Crippen LogP contribution in [0.15, 0.2) is 12.3 Å². The Morgan fingerprint density at radius 1 is 1.37 bits per heavy atom. The molecule has 0 aliphatic heterocycles. The molecular weight excluding hydrogens is 236 g/mol. The van der Waals surface area contributed by atoms with Crippen LogP contribution in [0.4, 0.5) is 0 Å². The number of carbonyl (C=O) groups is 1. The molecule has 1 saturated carbocycles. The number of carbonyl (C=O) groups excluding carboxylic acids is 1. The van der Waals surface area contributed by atoms with Gasteiger partial charge in [0.15, 0.2) is 0 Å². The predicted octanol–water partition coefficient (Wildman–Crippen LogP) is 3.94. The Hall–Kier alpha value is -1.12. The zero-order valence-electron chi connectivity index (χ0n) is 12.5. The standard InChI is InChI=1S/C16H26N2O/c1-13(19)11-16(2,3)12-14-9-10-18(17-14)15-7-5-4-6-8-15/h9-10,15H,4-8,11-12H2,1-3H3. The zero-order valence-corrected chi connectivity index (χ0v) is 12.5. The Balaban J connectivity index is 1.98. The molecule has 1 heterocycles. The maximum absolute atomic E-state index is 11.3. The molecule has 1 aromatic heterocycles. The molecule has 2 rings (SSSR count). The number of aromatic nitrogens is 2. The number of rotatable bonds is 5. The molecule has 1 aliphatic carbocycles. The molecule has 3 nitrogen and oxygen atoms in total. The molecule has 1 fully saturated rings. The molecule has 1 aliphatic rings. The summed E-state index contributed by atoms with van der Waals surface area (Å²) in [6, 6.07) is 2.72. The fourth-order valence-electron chi connectivity index (χ4n) is 3.25. The second-order valence-electron chi connectivity index (χ2n) is 6.80. The van der Waals surface area contributed by atoms with Crippen LogP contribution >= 0.6 is 0 Å². The lowest BCUT2D eigenvalue weighted by Crippen LogP contribution is -2.19. The molecule has 0 saturated heterocycles. The highest BCUT2D eigenvalue weighted by Gasteiger charge is 2.23. The van der Waals surface area contributed by atoms with Crippen molar-refractivity contribution in [3.63, 3.8) is 0 Å². The van der Waals surface area contributed by atoms with Gasteiger partial charge in [0.25, 0.3) is 0 Å². The van der Waals surface area contributed by atoms with Gasteiger partial charge in [-0.25, -0.2) is 0 Å². The average molecular weight is 262 g/mol. The zero-order chi connectivity index (χ0) is 13.9. The number of hydrogen-bond acceptors (Lipinski definition) is 2. The van der Waals surface area contributed by atoms with Crippen LogP contribution in [0.3, 0.4) is 0 Å². The summed E-state index contributed by atoms with van der Waals surface area (Å²) >= 11 is 0. The van der Waals surface area contributed by atoms with E-state index in [-0.39, 0.29) is 11.2 Å². The molecule has 0 bridgehead atoms. The van der Waals surface area contributed by atoms with Crippen molar-refractivity contribution in [2.75, 3.05) is 0 Å². The molecule has 106 valence electrons. The Labute approximate surface area is 116 Å². The molecule has 0 atom stereocenters. The van der Waals surface area contributed by atoms with Gasteiger partial charge in [0.2, 0.25) is 0 Å². The first-order valence-corrected chi connectivity index (χ1v) is 7.50. The summed E-state index contributed by atoms with van der Waals surface area (Å²) in [6.45, 7) is 5.96. The number of ketones is 1. The Kier molecular flexibility index (Phi) is 4.43. The van der Waals surface area contributed by atoms with Gasteiger partial charge in [-0.2, -0.15) is 5.10 Å². The Morgan fingerprint density at radius 2 is 2.05 bits per heavy atom. The van der Waals surface area contributed by atoms with Gasteiger partial charge in [-0.05, 0) is 37.7 Å². The van der Waals surface area contributed by atoms with Crippen LogP contribution in [0.1, 0.15) is 71.0 Å². The lowest BCUT2D eigenvalue weighted by atomic mass is 9.83. The normalized spacial score (nSPS) is 17.6. The summed E-state index contributed by atoms with van der Waals surface area (Å²) in [5.74, 6) is 0.261. The van der Waals surface area contributed by atoms with Gasteiger partial charge in [0.1, 0.15) is 5.78 Å². The highest BCUT2D eigenvalue weighted by atomic mass is 16.1. The lowest BCUT2D eigenvalue weighted by Gasteiger charge is -2.23. The van der Waals surface area contributed by atoms with Crippen LogP contribution in [-0.4, -0.2) is 15.6 Å². The smallest absolute Gasteiger partial charge is 0.130 e. The molecule has 0 N–H and O–H groups in total. The summed E-state index contributed by atoms with van der Waals surface area (Å²) in [6.07, 6.45) is 10.2. The lowest BCUT2D eigenvalue weighted by molar-refractivity contribution is -0.118. The van der Waals surface area contributed by atoms with Crippen LogP contribution < -0.4 is 0 Å². The van der Waals surface area contributed by atoms with E-state index in [1.807, 2.05) is 0 Å². The van der Waals surface area contributed by atoms with Gasteiger partial charge in [0, 0.05) is 12.6 Å². The van der Waals surface area contributed by atoms with Crippen molar-refractivity contribution in [3.8, 4) is 0 Å². The first-order chi connectivity index (χ1) is 8.96. The fourth-order valence-corrected chi connectivity index (χ4v) is 3.25. The van der Waals surface area contributed by atoms with Gasteiger partial charge in [-0.3, -0.25) is 4.68 Å². The first kappa shape index (κ1) is 14.3. The second kappa shape index (κ2) is 5.89. The third-order valence-corrected chi connectivity index (χ3v) is 4.00. The molecule has 0 spiro atoms. The SMILES string of the molecule is CC(=O)CC(C)(C)Cc1ccn(C2CCCCC2)n1. The first-order valence-electron chi connectivity index (χ1n) is 7.50. The van der Waals surface area contributed by atoms with E-state index in [4.69, 9.17) is 5.10 Å². The van der Waals surface area contributed by atoms with Crippen LogP contribution in [0.25, 0.3) is 0 Å². The third kappa shape index (κ3) is 4.19. The van der Waals surface area contributed by atoms with Gasteiger partial charge in [0.05, 0.1) is 11.7 Å². The van der Waals surface area contributed by atoms with Crippen molar-refractivity contribution >= 4 is 5.78 Å². The Bertz CT molecular complexity index is 428. The minimum Gasteiger partial charge on any atom is -0.300 e. The van der Waals surface area contributed by atoms with Crippen LogP contribution in [0, 0.1) is 5.41 Å². The number of nitrogens with zero attached hydrogens (tertiary/aromatic N) is 2. The summed E-state index contributed by atoms with van der Waals surface area (Å²) in [5.41, 5.74) is 1.13. The molecule has 0 unspecified atom stereocenters. The van der Waals surface area contributed by atoms with Crippen molar-refractivity contribution in [2.24, 2.45) is 5.41 Å². The largest absolute Gasteiger partial charge is 0.300 e. The van der Waals surface area contributed by atoms with E-state index in [9.17, 15) is 4.79 Å². The summed E-state index contributed by atoms with van der Waals surface area (Å²) in [7, 11) is 0. The summed E-state index contributed by atoms with van der Waals surface area (Å²) in [4.78, 5) is 11.3. The molecular formula is C16H26N2O. The van der Waals surface area contributed by atoms with Crippen LogP contribution in [0.2, 0.25) is 0 Å². The molecule has 0 amide bonds. The maximum atomic E-state index is 11.3. The minimum absolute atomic E-state index is 0.0115. The van der Waals surface area contributed by atoms with Gasteiger partial charge in [-0.15, -0.1) is 0 Å². The monoisotopic (exact) mass is 262 g/mol. The summed E-state index contributed by atoms with van der Waals surface area (Å²) in [5, 5.41) is 4.73. The minimum atomic E-state index is 0.0115. The third-order valence-electron chi connectivity index (χ3n) is 4.00. The average Bonchev–Trinajstić information content (AvgIpc) is 2.76. The van der Waals surface area contributed by atoms with E-state index < -0.39 is 0 Å². The second-order valence-corrected chi connectivity index (χ2v) is 6.80. The van der Waals surface area contributed by atoms with Crippen molar-refractivity contribution in [3.05, 3.63) is 18.0 Å². The Morgan fingerprint density at radius 3 is 2.68 bits per heavy atom. The molecule has 1 aromatic rings. The quantitative estimate of drug-likeness (QED) is 0.805. The fraction of sp³-hybridized carbons (Fsp3) is 0.750. The molecule has 3 heteroatoms. The van der Waals surface area contributed by atoms with Crippen molar-refractivity contribution in [1.82, 2.24) is 9.78 Å². The van der Waals surface area contributed by atoms with Crippen LogP contribution in [-0.2, 0) is 11.2 Å². The molecule has 19 heavy (non-hydrogen) atoms. The van der Waals surface area contributed by atoms with E-state index in [1.54, 1.807) is 6.92 Å². The van der Waals surface area contributed by atoms with E-state index >= 15 is 0 Å². The van der Waals surface area contributed by atoms with Crippen molar-refractivity contribution < 1.29 is 4.79 Å². The van der Waals surface area contributed by atoms with E-state index in [0.29, 0.717) is 12.5 Å². The van der Waals surface area contributed by atoms with Crippen molar-refractivity contribution in [2.45, 2.75) is 71.8 Å². The van der Waals surface area contributed by atoms with Gasteiger partial charge >= 0.3 is 0 Å². The van der Waals surface area contributed by atoms with E-state index in [2.05, 4.69) is 30.8 Å². The molecule has 0 aromatic carbocycles. The van der Waals surface area contributed by atoms with E-state index in [1.165, 1.54) is 32.1 Å². The topological polar surface area (TPSA) is 34.9 Å². The molecule has 0 radical (unpaired) electrons. The van der Waals surface area contributed by atoms with Crippen LogP contribution in [0.5, 0.6) is 0 Å².